The number of hydrogen-bond acceptors (Lipinski definition) is 5. The van der Waals surface area contributed by atoms with Crippen LogP contribution in [0.2, 0.25) is 0 Å². The number of nitrogens with one attached hydrogen (secondary N) is 1. The van der Waals surface area contributed by atoms with E-state index in [4.69, 9.17) is 5.73 Å². The monoisotopic (exact) mass is 263 g/mol. The molecule has 0 unspecified atom stereocenters. The normalized spacial score (nSPS) is 16.2. The van der Waals surface area contributed by atoms with Crippen LogP contribution in [0.3, 0.4) is 0 Å². The standard InChI is InChI=1S/C12H17N5O2/c1-8(18)17-4-2-9(3-5-17)16-11-6-10(12(13)19)14-7-15-11/h6-7,9H,2-5H2,1H3,(H2,13,19)(H,14,15,16). The number of nitrogens with two attached hydrogens (primary N) is 1. The lowest BCUT2D eigenvalue weighted by Crippen LogP contribution is -2.41. The largest absolute Gasteiger partial charge is 0.367 e. The van der Waals surface area contributed by atoms with Gasteiger partial charge in [-0.25, -0.2) is 9.97 Å². The maximum absolute atomic E-state index is 11.2. The minimum Gasteiger partial charge on any atom is -0.367 e. The van der Waals surface area contributed by atoms with Crippen LogP contribution >= 0.6 is 0 Å². The fourth-order valence-electron chi connectivity index (χ4n) is 2.12. The van der Waals surface area contributed by atoms with Crippen LogP contribution in [0.4, 0.5) is 5.82 Å². The van der Waals surface area contributed by atoms with Gasteiger partial charge in [-0.15, -0.1) is 0 Å². The van der Waals surface area contributed by atoms with Gasteiger partial charge in [0.05, 0.1) is 0 Å². The second-order valence-electron chi connectivity index (χ2n) is 4.58. The van der Waals surface area contributed by atoms with Crippen molar-refractivity contribution in [1.29, 1.82) is 0 Å². The number of anilines is 1. The smallest absolute Gasteiger partial charge is 0.267 e. The lowest BCUT2D eigenvalue weighted by molar-refractivity contribution is -0.129. The number of carbonyl (C=O) groups excluding carboxylic acids is 2. The predicted molar refractivity (Wildman–Crippen MR) is 69.4 cm³/mol. The molecular weight excluding hydrogens is 246 g/mol. The van der Waals surface area contributed by atoms with Gasteiger partial charge in [-0.3, -0.25) is 9.59 Å². The summed E-state index contributed by atoms with van der Waals surface area (Å²) in [6, 6.07) is 1.78. The summed E-state index contributed by atoms with van der Waals surface area (Å²) >= 11 is 0. The van der Waals surface area contributed by atoms with Crippen LogP contribution in [-0.2, 0) is 4.79 Å². The topological polar surface area (TPSA) is 101 Å². The summed E-state index contributed by atoms with van der Waals surface area (Å²) in [6.07, 6.45) is 3.03. The Morgan fingerprint density at radius 2 is 2.05 bits per heavy atom. The highest BCUT2D eigenvalue weighted by Crippen LogP contribution is 2.15. The minimum absolute atomic E-state index is 0.108. The molecule has 1 aliphatic rings. The van der Waals surface area contributed by atoms with E-state index in [1.54, 1.807) is 13.0 Å². The molecule has 1 saturated heterocycles. The highest BCUT2D eigenvalue weighted by molar-refractivity contribution is 5.91. The number of rotatable bonds is 3. The van der Waals surface area contributed by atoms with Gasteiger partial charge in [0, 0.05) is 32.1 Å². The van der Waals surface area contributed by atoms with E-state index in [0.29, 0.717) is 5.82 Å². The van der Waals surface area contributed by atoms with Crippen molar-refractivity contribution in [2.24, 2.45) is 5.73 Å². The first-order valence-corrected chi connectivity index (χ1v) is 6.20. The minimum atomic E-state index is -0.572. The molecular formula is C12H17N5O2. The molecule has 7 nitrogen and oxygen atoms in total. The van der Waals surface area contributed by atoms with Gasteiger partial charge in [0.2, 0.25) is 5.91 Å². The van der Waals surface area contributed by atoms with E-state index >= 15 is 0 Å². The van der Waals surface area contributed by atoms with Crippen molar-refractivity contribution in [2.75, 3.05) is 18.4 Å². The maximum atomic E-state index is 11.2. The van der Waals surface area contributed by atoms with E-state index < -0.39 is 5.91 Å². The van der Waals surface area contributed by atoms with E-state index in [1.807, 2.05) is 4.90 Å². The van der Waals surface area contributed by atoms with Gasteiger partial charge in [0.1, 0.15) is 17.8 Å². The Hall–Kier alpha value is -2.18. The van der Waals surface area contributed by atoms with Crippen LogP contribution < -0.4 is 11.1 Å². The second kappa shape index (κ2) is 5.64. The van der Waals surface area contributed by atoms with Crippen molar-refractivity contribution in [1.82, 2.24) is 14.9 Å². The molecule has 1 aromatic heterocycles. The first-order valence-electron chi connectivity index (χ1n) is 6.20. The Labute approximate surface area is 111 Å². The summed E-state index contributed by atoms with van der Waals surface area (Å²) in [5.74, 6) is 0.124. The molecule has 1 aromatic rings. The molecule has 19 heavy (non-hydrogen) atoms. The highest BCUT2D eigenvalue weighted by atomic mass is 16.2. The zero-order valence-electron chi connectivity index (χ0n) is 10.8. The first-order chi connectivity index (χ1) is 9.06. The maximum Gasteiger partial charge on any atom is 0.267 e. The van der Waals surface area contributed by atoms with Crippen molar-refractivity contribution in [3.8, 4) is 0 Å². The Balaban J connectivity index is 1.94. The first kappa shape index (κ1) is 13.3. The summed E-state index contributed by atoms with van der Waals surface area (Å²) < 4.78 is 0. The molecule has 102 valence electrons. The number of nitrogens with zero attached hydrogens (tertiary/aromatic N) is 3. The molecule has 2 heterocycles. The van der Waals surface area contributed by atoms with Crippen molar-refractivity contribution in [2.45, 2.75) is 25.8 Å². The predicted octanol–water partition coefficient (Wildman–Crippen LogP) is -0.00170. The van der Waals surface area contributed by atoms with Crippen LogP contribution in [0.1, 0.15) is 30.3 Å². The summed E-state index contributed by atoms with van der Waals surface area (Å²) in [5, 5.41) is 3.24. The molecule has 0 aliphatic carbocycles. The number of piperidine rings is 1. The second-order valence-corrected chi connectivity index (χ2v) is 4.58. The van der Waals surface area contributed by atoms with Crippen LogP contribution in [0.25, 0.3) is 0 Å². The molecule has 0 radical (unpaired) electrons. The average molecular weight is 263 g/mol. The Morgan fingerprint density at radius 3 is 2.63 bits per heavy atom. The molecule has 0 aromatic carbocycles. The summed E-state index contributed by atoms with van der Waals surface area (Å²) in [7, 11) is 0. The number of hydrogen-bond donors (Lipinski definition) is 2. The van der Waals surface area contributed by atoms with Crippen molar-refractivity contribution < 1.29 is 9.59 Å². The quantitative estimate of drug-likeness (QED) is 0.799. The third-order valence-electron chi connectivity index (χ3n) is 3.21. The number of amides is 2. The molecule has 7 heteroatoms. The Bertz CT molecular complexity index is 483. The number of aromatic nitrogens is 2. The molecule has 3 N–H and O–H groups in total. The van der Waals surface area contributed by atoms with E-state index in [0.717, 1.165) is 25.9 Å². The van der Waals surface area contributed by atoms with Gasteiger partial charge < -0.3 is 16.0 Å². The lowest BCUT2D eigenvalue weighted by atomic mass is 10.1. The Kier molecular flexibility index (Phi) is 3.94. The fourth-order valence-corrected chi connectivity index (χ4v) is 2.12. The third kappa shape index (κ3) is 3.40. The summed E-state index contributed by atoms with van der Waals surface area (Å²) in [4.78, 5) is 31.9. The molecule has 2 amide bonds. The Morgan fingerprint density at radius 1 is 1.37 bits per heavy atom. The summed E-state index contributed by atoms with van der Waals surface area (Å²) in [6.45, 7) is 3.05. The van der Waals surface area contributed by atoms with Gasteiger partial charge >= 0.3 is 0 Å². The van der Waals surface area contributed by atoms with E-state index in [1.165, 1.54) is 6.33 Å². The lowest BCUT2D eigenvalue weighted by Gasteiger charge is -2.31. The van der Waals surface area contributed by atoms with Gasteiger partial charge in [-0.2, -0.15) is 0 Å². The van der Waals surface area contributed by atoms with E-state index in [-0.39, 0.29) is 17.6 Å². The zero-order valence-corrected chi connectivity index (χ0v) is 10.8. The molecule has 1 aliphatic heterocycles. The van der Waals surface area contributed by atoms with E-state index in [2.05, 4.69) is 15.3 Å². The molecule has 0 spiro atoms. The number of primary amides is 1. The molecule has 0 bridgehead atoms. The molecule has 1 fully saturated rings. The van der Waals surface area contributed by atoms with Crippen LogP contribution in [0.15, 0.2) is 12.4 Å². The molecule has 2 rings (SSSR count). The third-order valence-corrected chi connectivity index (χ3v) is 3.21. The highest BCUT2D eigenvalue weighted by Gasteiger charge is 2.20. The zero-order chi connectivity index (χ0) is 13.8. The van der Waals surface area contributed by atoms with Crippen LogP contribution in [-0.4, -0.2) is 45.8 Å². The summed E-state index contributed by atoms with van der Waals surface area (Å²) in [5.41, 5.74) is 5.36. The van der Waals surface area contributed by atoms with Gasteiger partial charge in [0.15, 0.2) is 0 Å². The number of carbonyl (C=O) groups is 2. The number of likely N-dealkylation sites (tertiary alicyclic amines) is 1. The molecule has 0 atom stereocenters. The van der Waals surface area contributed by atoms with Crippen LogP contribution in [0, 0.1) is 0 Å². The van der Waals surface area contributed by atoms with Gasteiger partial charge in [-0.05, 0) is 12.8 Å². The van der Waals surface area contributed by atoms with Crippen LogP contribution in [0.5, 0.6) is 0 Å². The average Bonchev–Trinajstić information content (AvgIpc) is 2.39. The SMILES string of the molecule is CC(=O)N1CCC(Nc2cc(C(N)=O)ncn2)CC1. The molecule has 0 saturated carbocycles. The van der Waals surface area contributed by atoms with Gasteiger partial charge in [0.25, 0.3) is 5.91 Å². The van der Waals surface area contributed by atoms with Crippen molar-refractivity contribution >= 4 is 17.6 Å². The van der Waals surface area contributed by atoms with E-state index in [9.17, 15) is 9.59 Å². The van der Waals surface area contributed by atoms with Gasteiger partial charge in [-0.1, -0.05) is 0 Å². The fraction of sp³-hybridized carbons (Fsp3) is 0.500. The van der Waals surface area contributed by atoms with Crippen molar-refractivity contribution in [3.63, 3.8) is 0 Å². The van der Waals surface area contributed by atoms with Crippen molar-refractivity contribution in [3.05, 3.63) is 18.1 Å².